The third kappa shape index (κ3) is 5.89. The minimum absolute atomic E-state index is 0.00682. The quantitative estimate of drug-likeness (QED) is 0.685. The first-order chi connectivity index (χ1) is 14.1. The van der Waals surface area contributed by atoms with Crippen molar-refractivity contribution in [2.24, 2.45) is 0 Å². The van der Waals surface area contributed by atoms with E-state index in [4.69, 9.17) is 9.47 Å². The van der Waals surface area contributed by atoms with Crippen LogP contribution in [0.4, 0.5) is 13.2 Å². The molecule has 1 amide bonds. The third-order valence-electron chi connectivity index (χ3n) is 4.79. The van der Waals surface area contributed by atoms with Crippen molar-refractivity contribution in [2.75, 3.05) is 27.8 Å². The van der Waals surface area contributed by atoms with Crippen molar-refractivity contribution in [3.8, 4) is 11.5 Å². The molecule has 0 saturated heterocycles. The smallest absolute Gasteiger partial charge is 0.416 e. The number of alkyl halides is 3. The fraction of sp³-hybridized carbons (Fsp3) is 0.409. The highest BCUT2D eigenvalue weighted by Gasteiger charge is 2.33. The number of carbonyl (C=O) groups excluding carboxylic acids is 1. The highest BCUT2D eigenvalue weighted by atomic mass is 19.4. The molecule has 0 heterocycles. The number of nitrogens with zero attached hydrogens (tertiary/aromatic N) is 1. The molecule has 0 fully saturated rings. The van der Waals surface area contributed by atoms with Gasteiger partial charge >= 0.3 is 6.18 Å². The number of likely N-dealkylation sites (N-methyl/N-ethyl adjacent to an activating group) is 1. The van der Waals surface area contributed by atoms with Gasteiger partial charge in [0.25, 0.3) is 0 Å². The molecular weight excluding hydrogens is 397 g/mol. The number of hydrogen-bond acceptors (Lipinski definition) is 4. The van der Waals surface area contributed by atoms with Crippen molar-refractivity contribution >= 4 is 5.91 Å². The molecule has 2 rings (SSSR count). The summed E-state index contributed by atoms with van der Waals surface area (Å²) < 4.78 is 50.1. The van der Waals surface area contributed by atoms with Gasteiger partial charge in [-0.15, -0.1) is 0 Å². The average Bonchev–Trinajstić information content (AvgIpc) is 2.66. The molecule has 0 aliphatic carbocycles. The predicted octanol–water partition coefficient (Wildman–Crippen LogP) is 4.34. The van der Waals surface area contributed by atoms with E-state index in [0.29, 0.717) is 11.5 Å². The number of halogens is 3. The number of nitrogens with one attached hydrogen (secondary N) is 1. The summed E-state index contributed by atoms with van der Waals surface area (Å²) in [5, 5.41) is 2.89. The molecule has 0 radical (unpaired) electrons. The van der Waals surface area contributed by atoms with Crippen molar-refractivity contribution in [3.63, 3.8) is 0 Å². The number of amides is 1. The van der Waals surface area contributed by atoms with Crippen LogP contribution in [0, 0.1) is 6.92 Å². The second-order valence-electron chi connectivity index (χ2n) is 7.18. The van der Waals surface area contributed by atoms with Gasteiger partial charge in [-0.05, 0) is 55.8 Å². The number of ether oxygens (including phenoxy) is 2. The van der Waals surface area contributed by atoms with Gasteiger partial charge in [-0.1, -0.05) is 18.2 Å². The molecule has 0 saturated carbocycles. The van der Waals surface area contributed by atoms with Gasteiger partial charge in [0.2, 0.25) is 5.91 Å². The normalized spacial score (nSPS) is 12.6. The highest BCUT2D eigenvalue weighted by molar-refractivity contribution is 5.78. The number of methoxy groups -OCH3 is 2. The summed E-state index contributed by atoms with van der Waals surface area (Å²) in [6, 6.07) is 8.71. The third-order valence-corrected chi connectivity index (χ3v) is 4.79. The van der Waals surface area contributed by atoms with Crippen molar-refractivity contribution in [3.05, 3.63) is 58.7 Å². The predicted molar refractivity (Wildman–Crippen MR) is 109 cm³/mol. The van der Waals surface area contributed by atoms with E-state index in [0.717, 1.165) is 17.2 Å². The minimum atomic E-state index is -4.43. The highest BCUT2D eigenvalue weighted by Crippen LogP contribution is 2.33. The first-order valence-corrected chi connectivity index (χ1v) is 9.42. The monoisotopic (exact) mass is 424 g/mol. The SMILES string of the molecule is COc1cc(C)c(C(C)NC(=O)CN(C)Cc2ccccc2C(F)(F)F)cc1OC. The van der Waals surface area contributed by atoms with Crippen molar-refractivity contribution in [1.82, 2.24) is 10.2 Å². The van der Waals surface area contributed by atoms with Crippen LogP contribution in [0.25, 0.3) is 0 Å². The second kappa shape index (κ2) is 9.84. The van der Waals surface area contributed by atoms with Gasteiger partial charge in [0.15, 0.2) is 11.5 Å². The van der Waals surface area contributed by atoms with E-state index in [1.165, 1.54) is 19.2 Å². The molecule has 1 atom stereocenters. The minimum Gasteiger partial charge on any atom is -0.493 e. The largest absolute Gasteiger partial charge is 0.493 e. The molecule has 164 valence electrons. The van der Waals surface area contributed by atoms with Gasteiger partial charge in [-0.2, -0.15) is 13.2 Å². The van der Waals surface area contributed by atoms with Gasteiger partial charge < -0.3 is 14.8 Å². The maximum absolute atomic E-state index is 13.2. The Hall–Kier alpha value is -2.74. The molecule has 0 bridgehead atoms. The zero-order valence-corrected chi connectivity index (χ0v) is 17.8. The molecule has 0 aliphatic rings. The molecular formula is C22H27F3N2O3. The lowest BCUT2D eigenvalue weighted by atomic mass is 10.0. The molecule has 8 heteroatoms. The summed E-state index contributed by atoms with van der Waals surface area (Å²) in [7, 11) is 4.70. The summed E-state index contributed by atoms with van der Waals surface area (Å²) in [6.45, 7) is 3.71. The van der Waals surface area contributed by atoms with E-state index in [-0.39, 0.29) is 30.6 Å². The van der Waals surface area contributed by atoms with Gasteiger partial charge in [0, 0.05) is 6.54 Å². The molecule has 30 heavy (non-hydrogen) atoms. The van der Waals surface area contributed by atoms with Crippen molar-refractivity contribution in [2.45, 2.75) is 32.6 Å². The average molecular weight is 424 g/mol. The standard InChI is InChI=1S/C22H27F3N2O3/c1-14-10-19(29-4)20(30-5)11-17(14)15(2)26-21(28)13-27(3)12-16-8-6-7-9-18(16)22(23,24)25/h6-11,15H,12-13H2,1-5H3,(H,26,28). The van der Waals surface area contributed by atoms with Crippen LogP contribution in [0.15, 0.2) is 36.4 Å². The molecule has 1 unspecified atom stereocenters. The van der Waals surface area contributed by atoms with Crippen LogP contribution in [0.1, 0.15) is 35.2 Å². The maximum atomic E-state index is 13.2. The Bertz CT molecular complexity index is 884. The Balaban J connectivity index is 2.04. The Morgan fingerprint density at radius 3 is 2.33 bits per heavy atom. The summed E-state index contributed by atoms with van der Waals surface area (Å²) in [6.07, 6.45) is -4.43. The molecule has 5 nitrogen and oxygen atoms in total. The lowest BCUT2D eigenvalue weighted by molar-refractivity contribution is -0.138. The lowest BCUT2D eigenvalue weighted by Gasteiger charge is -2.22. The molecule has 0 aliphatic heterocycles. The van der Waals surface area contributed by atoms with Gasteiger partial charge in [-0.25, -0.2) is 0 Å². The van der Waals surface area contributed by atoms with E-state index < -0.39 is 11.7 Å². The van der Waals surface area contributed by atoms with E-state index in [1.54, 1.807) is 25.1 Å². The van der Waals surface area contributed by atoms with Crippen LogP contribution in [-0.2, 0) is 17.5 Å². The second-order valence-corrected chi connectivity index (χ2v) is 7.18. The zero-order chi connectivity index (χ0) is 22.5. The number of rotatable bonds is 8. The zero-order valence-electron chi connectivity index (χ0n) is 17.8. The van der Waals surface area contributed by atoms with Gasteiger partial charge in [0.1, 0.15) is 0 Å². The van der Waals surface area contributed by atoms with Gasteiger partial charge in [0.05, 0.1) is 32.4 Å². The molecule has 0 aromatic heterocycles. The lowest BCUT2D eigenvalue weighted by Crippen LogP contribution is -2.36. The number of aryl methyl sites for hydroxylation is 1. The molecule has 2 aromatic rings. The van der Waals surface area contributed by atoms with Crippen LogP contribution in [0.2, 0.25) is 0 Å². The summed E-state index contributed by atoms with van der Waals surface area (Å²) >= 11 is 0. The number of benzene rings is 2. The molecule has 1 N–H and O–H groups in total. The maximum Gasteiger partial charge on any atom is 0.416 e. The Labute approximate surface area is 174 Å². The molecule has 2 aromatic carbocycles. The van der Waals surface area contributed by atoms with Crippen molar-refractivity contribution < 1.29 is 27.4 Å². The summed E-state index contributed by atoms with van der Waals surface area (Å²) in [5.74, 6) is 0.865. The van der Waals surface area contributed by atoms with E-state index in [1.807, 2.05) is 26.0 Å². The van der Waals surface area contributed by atoms with Gasteiger partial charge in [-0.3, -0.25) is 9.69 Å². The summed E-state index contributed by atoms with van der Waals surface area (Å²) in [4.78, 5) is 14.0. The number of hydrogen-bond donors (Lipinski definition) is 1. The van der Waals surface area contributed by atoms with Crippen LogP contribution < -0.4 is 14.8 Å². The fourth-order valence-corrected chi connectivity index (χ4v) is 3.35. The first-order valence-electron chi connectivity index (χ1n) is 9.42. The topological polar surface area (TPSA) is 50.8 Å². The van der Waals surface area contributed by atoms with Crippen molar-refractivity contribution in [1.29, 1.82) is 0 Å². The van der Waals surface area contributed by atoms with E-state index >= 15 is 0 Å². The van der Waals surface area contributed by atoms with Crippen LogP contribution in [-0.4, -0.2) is 38.6 Å². The van der Waals surface area contributed by atoms with Crippen LogP contribution in [0.5, 0.6) is 11.5 Å². The van der Waals surface area contributed by atoms with Crippen LogP contribution >= 0.6 is 0 Å². The Morgan fingerprint density at radius 1 is 1.13 bits per heavy atom. The number of carbonyl (C=O) groups is 1. The van der Waals surface area contributed by atoms with E-state index in [2.05, 4.69) is 5.32 Å². The Kier molecular flexibility index (Phi) is 7.72. The van der Waals surface area contributed by atoms with E-state index in [9.17, 15) is 18.0 Å². The fourth-order valence-electron chi connectivity index (χ4n) is 3.35. The van der Waals surface area contributed by atoms with Crippen LogP contribution in [0.3, 0.4) is 0 Å². The first kappa shape index (κ1) is 23.5. The Morgan fingerprint density at radius 2 is 1.73 bits per heavy atom. The molecule has 0 spiro atoms. The summed E-state index contributed by atoms with van der Waals surface area (Å²) in [5.41, 5.74) is 1.23.